The van der Waals surface area contributed by atoms with E-state index in [9.17, 15) is 19.2 Å². The maximum Gasteiger partial charge on any atom is 0.407 e. The van der Waals surface area contributed by atoms with Gasteiger partial charge < -0.3 is 25.4 Å². The Morgan fingerprint density at radius 2 is 1.08 bits per heavy atom. The summed E-state index contributed by atoms with van der Waals surface area (Å²) in [5.74, 6) is -1.52. The van der Waals surface area contributed by atoms with E-state index in [1.807, 2.05) is 121 Å². The van der Waals surface area contributed by atoms with Crippen molar-refractivity contribution in [2.45, 2.75) is 35.6 Å². The van der Waals surface area contributed by atoms with Gasteiger partial charge in [0.25, 0.3) is 0 Å². The van der Waals surface area contributed by atoms with E-state index in [1.165, 1.54) is 18.9 Å². The largest absolute Gasteiger partial charge is 0.469 e. The fourth-order valence-corrected chi connectivity index (χ4v) is 10.1. The first kappa shape index (κ1) is 44.2. The Kier molecular flexibility index (Phi) is 14.2. The van der Waals surface area contributed by atoms with Gasteiger partial charge in [-0.3, -0.25) is 14.4 Å². The van der Waals surface area contributed by atoms with E-state index < -0.39 is 40.7 Å². The van der Waals surface area contributed by atoms with Crippen molar-refractivity contribution in [2.24, 2.45) is 0 Å². The second-order valence-electron chi connectivity index (χ2n) is 15.8. The maximum atomic E-state index is 14.8. The predicted molar refractivity (Wildman–Crippen MR) is 257 cm³/mol. The van der Waals surface area contributed by atoms with Crippen LogP contribution in [0.15, 0.2) is 194 Å². The van der Waals surface area contributed by atoms with E-state index >= 15 is 0 Å². The fourth-order valence-electron chi connectivity index (χ4n) is 8.50. The molecule has 0 heterocycles. The number of hydrogen-bond donors (Lipinski definition) is 3. The van der Waals surface area contributed by atoms with Gasteiger partial charge in [-0.05, 0) is 62.2 Å². The number of carbonyl (C=O) groups excluding carboxylic acids is 4. The van der Waals surface area contributed by atoms with Gasteiger partial charge in [-0.25, -0.2) is 4.79 Å². The molecule has 3 amide bonds. The van der Waals surface area contributed by atoms with Crippen molar-refractivity contribution in [3.8, 4) is 11.1 Å². The summed E-state index contributed by atoms with van der Waals surface area (Å²) in [5, 5.41) is 8.91. The van der Waals surface area contributed by atoms with Crippen molar-refractivity contribution in [1.29, 1.82) is 0 Å². The average molecular weight is 880 g/mol. The van der Waals surface area contributed by atoms with Crippen LogP contribution in [-0.4, -0.2) is 55.4 Å². The van der Waals surface area contributed by atoms with E-state index in [-0.39, 0.29) is 31.1 Å². The third kappa shape index (κ3) is 10.4. The van der Waals surface area contributed by atoms with Crippen LogP contribution in [0.1, 0.15) is 44.9 Å². The molecular formula is C55H49N3O6S. The lowest BCUT2D eigenvalue weighted by atomic mass is 9.84. The number of rotatable bonds is 17. The minimum absolute atomic E-state index is 0.0205. The highest BCUT2D eigenvalue weighted by molar-refractivity contribution is 8.00. The third-order valence-electron chi connectivity index (χ3n) is 11.6. The number of benzene rings is 7. The van der Waals surface area contributed by atoms with E-state index in [0.717, 1.165) is 44.5 Å². The summed E-state index contributed by atoms with van der Waals surface area (Å²) in [4.78, 5) is 55.4. The van der Waals surface area contributed by atoms with Crippen LogP contribution in [0.2, 0.25) is 0 Å². The molecule has 326 valence electrons. The van der Waals surface area contributed by atoms with Crippen LogP contribution < -0.4 is 16.0 Å². The lowest BCUT2D eigenvalue weighted by Crippen LogP contribution is -2.54. The molecule has 0 bridgehead atoms. The van der Waals surface area contributed by atoms with Crippen molar-refractivity contribution in [2.75, 3.05) is 24.8 Å². The molecule has 1 aliphatic rings. The minimum atomic E-state index is -1.12. The number of nitrogens with one attached hydrogen (secondary N) is 3. The van der Waals surface area contributed by atoms with Gasteiger partial charge in [-0.1, -0.05) is 182 Å². The monoisotopic (exact) mass is 879 g/mol. The molecule has 0 aromatic heterocycles. The van der Waals surface area contributed by atoms with Crippen molar-refractivity contribution >= 4 is 41.3 Å². The molecule has 3 N–H and O–H groups in total. The van der Waals surface area contributed by atoms with E-state index in [2.05, 4.69) is 64.5 Å². The van der Waals surface area contributed by atoms with Gasteiger partial charge in [0.2, 0.25) is 11.8 Å². The zero-order chi connectivity index (χ0) is 45.0. The fraction of sp³-hybridized carbons (Fsp3) is 0.164. The second-order valence-corrected chi connectivity index (χ2v) is 17.0. The topological polar surface area (TPSA) is 123 Å². The zero-order valence-corrected chi connectivity index (χ0v) is 36.7. The van der Waals surface area contributed by atoms with E-state index in [1.54, 1.807) is 24.3 Å². The standard InChI is InChI=1S/C55H49N3O6S/c1-63-51(59)35-39-21-18-28-43(33-39)56-53(61)50(37-65-55(40-22-8-3-9-23-40,41-24-10-4-11-25-41)42-26-12-5-13-27-42)57-52(60)49(34-38-19-6-2-7-20-38)58-54(62)64-36-48-46-31-16-14-29-44(46)45-30-15-17-32-47(45)48/h2-33,48-50H,34-37H2,1H3,(H,56,61)(H,57,60)(H,58,62)/t49-,50-/m1/s1. The van der Waals surface area contributed by atoms with Gasteiger partial charge in [0.05, 0.1) is 18.3 Å². The molecule has 65 heavy (non-hydrogen) atoms. The highest BCUT2D eigenvalue weighted by atomic mass is 32.2. The number of esters is 1. The van der Waals surface area contributed by atoms with Crippen LogP contribution in [0, 0.1) is 0 Å². The van der Waals surface area contributed by atoms with Crippen LogP contribution in [0.3, 0.4) is 0 Å². The molecule has 9 nitrogen and oxygen atoms in total. The first-order valence-electron chi connectivity index (χ1n) is 21.6. The van der Waals surface area contributed by atoms with Crippen molar-refractivity contribution in [3.63, 3.8) is 0 Å². The molecule has 8 rings (SSSR count). The average Bonchev–Trinajstić information content (AvgIpc) is 3.67. The Balaban J connectivity index is 1.10. The highest BCUT2D eigenvalue weighted by Crippen LogP contribution is 2.49. The lowest BCUT2D eigenvalue weighted by Gasteiger charge is -2.36. The highest BCUT2D eigenvalue weighted by Gasteiger charge is 2.39. The number of methoxy groups -OCH3 is 1. The number of alkyl carbamates (subject to hydrolysis) is 1. The van der Waals surface area contributed by atoms with Gasteiger partial charge in [-0.15, -0.1) is 11.8 Å². The Labute approximate surface area is 383 Å². The number of ether oxygens (including phenoxy) is 2. The lowest BCUT2D eigenvalue weighted by molar-refractivity contribution is -0.139. The summed E-state index contributed by atoms with van der Waals surface area (Å²) >= 11 is 1.52. The summed E-state index contributed by atoms with van der Waals surface area (Å²) in [6, 6.07) is 60.6. The molecule has 7 aromatic carbocycles. The third-order valence-corrected chi connectivity index (χ3v) is 13.3. The van der Waals surface area contributed by atoms with Gasteiger partial charge in [0.1, 0.15) is 18.7 Å². The van der Waals surface area contributed by atoms with Crippen LogP contribution in [0.25, 0.3) is 11.1 Å². The normalized spacial score (nSPS) is 12.8. The van der Waals surface area contributed by atoms with Crippen molar-refractivity contribution in [3.05, 3.63) is 233 Å². The Morgan fingerprint density at radius 3 is 1.63 bits per heavy atom. The number of thioether (sulfide) groups is 1. The Hall–Kier alpha value is -7.43. The first-order chi connectivity index (χ1) is 31.8. The van der Waals surface area contributed by atoms with Crippen LogP contribution in [0.4, 0.5) is 10.5 Å². The quantitative estimate of drug-likeness (QED) is 0.0615. The molecule has 0 fully saturated rings. The summed E-state index contributed by atoms with van der Waals surface area (Å²) in [6.45, 7) is 0.0663. The van der Waals surface area contributed by atoms with Crippen LogP contribution in [0.5, 0.6) is 0 Å². The van der Waals surface area contributed by atoms with Crippen LogP contribution in [-0.2, 0) is 41.4 Å². The molecule has 7 aromatic rings. The summed E-state index contributed by atoms with van der Waals surface area (Å²) < 4.78 is 10.00. The second kappa shape index (κ2) is 20.8. The number of hydrogen-bond acceptors (Lipinski definition) is 7. The van der Waals surface area contributed by atoms with E-state index in [4.69, 9.17) is 9.47 Å². The predicted octanol–water partition coefficient (Wildman–Crippen LogP) is 9.70. The van der Waals surface area contributed by atoms with Crippen LogP contribution >= 0.6 is 11.8 Å². The maximum absolute atomic E-state index is 14.8. The minimum Gasteiger partial charge on any atom is -0.469 e. The molecule has 0 saturated carbocycles. The SMILES string of the molecule is COC(=O)Cc1cccc(NC(=O)[C@@H](CSC(c2ccccc2)(c2ccccc2)c2ccccc2)NC(=O)[C@@H](Cc2ccccc2)NC(=O)OCC2c3ccccc3-c3ccccc32)c1. The molecule has 0 saturated heterocycles. The number of anilines is 1. The van der Waals surface area contributed by atoms with Crippen molar-refractivity contribution in [1.82, 2.24) is 10.6 Å². The molecule has 0 aliphatic heterocycles. The summed E-state index contributed by atoms with van der Waals surface area (Å²) in [6.07, 6.45) is -0.597. The Morgan fingerprint density at radius 1 is 0.569 bits per heavy atom. The number of fused-ring (bicyclic) bond motifs is 3. The molecule has 1 aliphatic carbocycles. The van der Waals surface area contributed by atoms with Crippen molar-refractivity contribution < 1.29 is 28.7 Å². The number of carbonyl (C=O) groups is 4. The van der Waals surface area contributed by atoms with Gasteiger partial charge >= 0.3 is 12.1 Å². The first-order valence-corrected chi connectivity index (χ1v) is 22.5. The molecule has 0 radical (unpaired) electrons. The zero-order valence-electron chi connectivity index (χ0n) is 35.9. The van der Waals surface area contributed by atoms with Gasteiger partial charge in [0.15, 0.2) is 0 Å². The van der Waals surface area contributed by atoms with E-state index in [0.29, 0.717) is 11.3 Å². The smallest absolute Gasteiger partial charge is 0.407 e. The van der Waals surface area contributed by atoms with Gasteiger partial charge in [-0.2, -0.15) is 0 Å². The Bertz CT molecular complexity index is 2590. The molecule has 0 spiro atoms. The van der Waals surface area contributed by atoms with Gasteiger partial charge in [0, 0.05) is 23.8 Å². The summed E-state index contributed by atoms with van der Waals surface area (Å²) in [7, 11) is 1.33. The molecule has 10 heteroatoms. The molecular weight excluding hydrogens is 831 g/mol. The molecule has 0 unspecified atom stereocenters. The molecule has 2 atom stereocenters. The number of amides is 3. The summed E-state index contributed by atoms with van der Waals surface area (Å²) in [5.41, 5.74) is 9.21.